The van der Waals surface area contributed by atoms with Gasteiger partial charge in [0.25, 0.3) is 0 Å². The molecule has 0 aliphatic heterocycles. The highest BCUT2D eigenvalue weighted by Gasteiger charge is 2.30. The molecular formula is C52H77N5O. The smallest absolute Gasteiger partial charge is 0.164 e. The number of benzene rings is 3. The Morgan fingerprint density at radius 3 is 1.55 bits per heavy atom. The van der Waals surface area contributed by atoms with Crippen molar-refractivity contribution in [2.45, 2.75) is 172 Å². The van der Waals surface area contributed by atoms with Gasteiger partial charge in [-0.1, -0.05) is 58.9 Å². The fourth-order valence-electron chi connectivity index (χ4n) is 7.27. The molecule has 5 N–H and O–H groups in total. The van der Waals surface area contributed by atoms with Crippen LogP contribution in [-0.2, 0) is 24.1 Å². The number of anilines is 3. The van der Waals surface area contributed by atoms with Gasteiger partial charge in [0.15, 0.2) is 5.78 Å². The standard InChI is InChI=1S/C18H25NO.2C17H26N2/c1-6-18(4,5)17(20)15-9-13-7-8-16(19-12(2)3)11-14(13)10-15;1-6-17(4,5)19-16-9-13-7-8-15(18-12(2)3)10-14(13)11-16;1-6-17(4,5)19-14-10-13-8-7-9-16(15(13)11-14)18-12(2)3/h7-8,10-12,19H,6,9H2,1-5H3;7-8,10-12,18-19H,6,9H2,1-5H3;7-10,12,18-19H,6,11H2,1-5H3. The number of Topliss-reactive ketones (excluding diaryl/α,β-unsaturated/α-hetero) is 1. The Bertz CT molecular complexity index is 1970. The second-order valence-electron chi connectivity index (χ2n) is 19.4. The van der Waals surface area contributed by atoms with Crippen molar-refractivity contribution in [2.24, 2.45) is 5.41 Å². The molecule has 6 heteroatoms. The van der Waals surface area contributed by atoms with Crippen molar-refractivity contribution < 1.29 is 4.79 Å². The van der Waals surface area contributed by atoms with Crippen molar-refractivity contribution in [3.8, 4) is 0 Å². The Kier molecular flexibility index (Phi) is 15.6. The molecule has 0 unspecified atom stereocenters. The third-order valence-corrected chi connectivity index (χ3v) is 11.5. The fraction of sp³-hybridized carbons (Fsp3) is 0.519. The third-order valence-electron chi connectivity index (χ3n) is 11.5. The van der Waals surface area contributed by atoms with Crippen LogP contribution in [0.5, 0.6) is 0 Å². The second-order valence-corrected chi connectivity index (χ2v) is 19.4. The predicted molar refractivity (Wildman–Crippen MR) is 255 cm³/mol. The molecule has 3 aromatic carbocycles. The molecule has 316 valence electrons. The molecule has 6 nitrogen and oxygen atoms in total. The van der Waals surface area contributed by atoms with E-state index in [1.54, 1.807) is 0 Å². The first kappa shape index (κ1) is 46.2. The second kappa shape index (κ2) is 19.5. The lowest BCUT2D eigenvalue weighted by Gasteiger charge is -2.26. The first-order chi connectivity index (χ1) is 27.1. The molecule has 3 aliphatic rings. The van der Waals surface area contributed by atoms with E-state index >= 15 is 0 Å². The highest BCUT2D eigenvalue weighted by molar-refractivity contribution is 6.05. The summed E-state index contributed by atoms with van der Waals surface area (Å²) in [6.45, 7) is 32.5. The van der Waals surface area contributed by atoms with Crippen molar-refractivity contribution >= 4 is 41.1 Å². The van der Waals surface area contributed by atoms with Crippen LogP contribution in [0.25, 0.3) is 18.2 Å². The number of allylic oxidation sites excluding steroid dienone is 3. The quantitative estimate of drug-likeness (QED) is 0.106. The molecule has 0 aromatic heterocycles. The number of rotatable bonds is 15. The molecule has 0 atom stereocenters. The molecule has 0 radical (unpaired) electrons. The van der Waals surface area contributed by atoms with Gasteiger partial charge < -0.3 is 26.6 Å². The summed E-state index contributed by atoms with van der Waals surface area (Å²) in [5, 5.41) is 17.7. The first-order valence-electron chi connectivity index (χ1n) is 22.0. The van der Waals surface area contributed by atoms with Crippen LogP contribution in [0.1, 0.15) is 156 Å². The van der Waals surface area contributed by atoms with Crippen LogP contribution in [0.4, 0.5) is 17.1 Å². The molecule has 0 heterocycles. The minimum Gasteiger partial charge on any atom is -0.383 e. The number of fused-ring (bicyclic) bond motifs is 3. The monoisotopic (exact) mass is 788 g/mol. The zero-order chi connectivity index (χ0) is 43.0. The Balaban J connectivity index is 0.000000193. The van der Waals surface area contributed by atoms with Crippen LogP contribution in [0.2, 0.25) is 0 Å². The number of carbonyl (C=O) groups excluding carboxylic acids is 1. The van der Waals surface area contributed by atoms with Crippen molar-refractivity contribution in [2.75, 3.05) is 16.0 Å². The summed E-state index contributed by atoms with van der Waals surface area (Å²) < 4.78 is 0. The normalized spacial score (nSPS) is 14.3. The Labute approximate surface area is 353 Å². The summed E-state index contributed by atoms with van der Waals surface area (Å²) in [5.74, 6) is 0.287. The van der Waals surface area contributed by atoms with Crippen LogP contribution in [0, 0.1) is 5.41 Å². The predicted octanol–water partition coefficient (Wildman–Crippen LogP) is 12.8. The zero-order valence-electron chi connectivity index (χ0n) is 38.8. The molecule has 3 aliphatic carbocycles. The van der Waals surface area contributed by atoms with Crippen molar-refractivity contribution in [3.63, 3.8) is 0 Å². The lowest BCUT2D eigenvalue weighted by atomic mass is 9.81. The van der Waals surface area contributed by atoms with Gasteiger partial charge in [-0.2, -0.15) is 0 Å². The molecule has 6 rings (SSSR count). The maximum absolute atomic E-state index is 12.5. The number of hydrogen-bond acceptors (Lipinski definition) is 6. The van der Waals surface area contributed by atoms with Gasteiger partial charge in [0, 0.05) is 87.9 Å². The van der Waals surface area contributed by atoms with Gasteiger partial charge in [-0.15, -0.1) is 0 Å². The average Bonchev–Trinajstić information content (AvgIpc) is 3.87. The molecule has 0 fully saturated rings. The topological polar surface area (TPSA) is 77.2 Å². The molecule has 0 spiro atoms. The summed E-state index contributed by atoms with van der Waals surface area (Å²) in [6, 6.07) is 20.9. The summed E-state index contributed by atoms with van der Waals surface area (Å²) >= 11 is 0. The van der Waals surface area contributed by atoms with E-state index in [2.05, 4.69) is 189 Å². The van der Waals surface area contributed by atoms with Crippen LogP contribution < -0.4 is 26.6 Å². The maximum atomic E-state index is 12.5. The van der Waals surface area contributed by atoms with Gasteiger partial charge in [-0.25, -0.2) is 0 Å². The highest BCUT2D eigenvalue weighted by Crippen LogP contribution is 2.35. The van der Waals surface area contributed by atoms with Gasteiger partial charge in [0.2, 0.25) is 0 Å². The Morgan fingerprint density at radius 2 is 1.05 bits per heavy atom. The van der Waals surface area contributed by atoms with Gasteiger partial charge >= 0.3 is 0 Å². The highest BCUT2D eigenvalue weighted by atomic mass is 16.1. The molecule has 0 bridgehead atoms. The van der Waals surface area contributed by atoms with Gasteiger partial charge in [0.1, 0.15) is 0 Å². The van der Waals surface area contributed by atoms with E-state index in [-0.39, 0.29) is 22.3 Å². The number of ketones is 1. The maximum Gasteiger partial charge on any atom is 0.164 e. The summed E-state index contributed by atoms with van der Waals surface area (Å²) in [6.07, 6.45) is 12.6. The SMILES string of the molecule is CCC(C)(C)C(=O)C1=Cc2cc(NC(C)C)ccc2C1.CCC(C)(C)NC1=Cc2cc(NC(C)C)ccc2C1.CCC(C)(C)NC1=Cc2cccc(NC(C)C)c2C1. The first-order valence-corrected chi connectivity index (χ1v) is 22.0. The van der Waals surface area contributed by atoms with E-state index in [1.807, 2.05) is 13.8 Å². The van der Waals surface area contributed by atoms with Crippen molar-refractivity contribution in [1.29, 1.82) is 0 Å². The van der Waals surface area contributed by atoms with E-state index < -0.39 is 0 Å². The summed E-state index contributed by atoms with van der Waals surface area (Å²) in [4.78, 5) is 12.5. The average molecular weight is 788 g/mol. The Morgan fingerprint density at radius 1 is 0.569 bits per heavy atom. The van der Waals surface area contributed by atoms with E-state index in [4.69, 9.17) is 0 Å². The molecule has 0 saturated carbocycles. The van der Waals surface area contributed by atoms with Crippen LogP contribution in [-0.4, -0.2) is 35.0 Å². The van der Waals surface area contributed by atoms with E-state index in [0.29, 0.717) is 18.1 Å². The minimum absolute atomic E-state index is 0.166. The molecule has 0 saturated heterocycles. The van der Waals surface area contributed by atoms with Gasteiger partial charge in [-0.05, 0) is 170 Å². The fourth-order valence-corrected chi connectivity index (χ4v) is 7.27. The number of hydrogen-bond donors (Lipinski definition) is 5. The van der Waals surface area contributed by atoms with E-state index in [1.165, 1.54) is 56.1 Å². The molecular weight excluding hydrogens is 711 g/mol. The zero-order valence-corrected chi connectivity index (χ0v) is 38.8. The van der Waals surface area contributed by atoms with E-state index in [9.17, 15) is 4.79 Å². The lowest BCUT2D eigenvalue weighted by Crippen LogP contribution is -2.37. The van der Waals surface area contributed by atoms with Crippen molar-refractivity contribution in [3.05, 3.63) is 105 Å². The van der Waals surface area contributed by atoms with Gasteiger partial charge in [0.05, 0.1) is 0 Å². The molecule has 3 aromatic rings. The summed E-state index contributed by atoms with van der Waals surface area (Å²) in [7, 11) is 0. The largest absolute Gasteiger partial charge is 0.383 e. The van der Waals surface area contributed by atoms with Crippen molar-refractivity contribution in [1.82, 2.24) is 10.6 Å². The lowest BCUT2D eigenvalue weighted by molar-refractivity contribution is -0.123. The van der Waals surface area contributed by atoms with Gasteiger partial charge in [-0.3, -0.25) is 4.79 Å². The number of carbonyl (C=O) groups is 1. The summed E-state index contributed by atoms with van der Waals surface area (Å²) in [5.41, 5.74) is 15.3. The minimum atomic E-state index is -0.257. The number of nitrogens with one attached hydrogen (secondary N) is 5. The molecule has 0 amide bonds. The molecule has 58 heavy (non-hydrogen) atoms. The third kappa shape index (κ3) is 13.0. The van der Waals surface area contributed by atoms with Crippen LogP contribution in [0.15, 0.2) is 71.6 Å². The van der Waals surface area contributed by atoms with Crippen LogP contribution in [0.3, 0.4) is 0 Å². The van der Waals surface area contributed by atoms with E-state index in [0.717, 1.165) is 49.8 Å². The van der Waals surface area contributed by atoms with Crippen LogP contribution >= 0.6 is 0 Å². The Hall–Kier alpha value is -4.45.